The molecule has 1 N–H and O–H groups in total. The Bertz CT molecular complexity index is 688. The lowest BCUT2D eigenvalue weighted by molar-refractivity contribution is 0.0979. The van der Waals surface area contributed by atoms with Crippen molar-refractivity contribution >= 4 is 37.7 Å². The quantitative estimate of drug-likeness (QED) is 0.845. The van der Waals surface area contributed by atoms with Crippen molar-refractivity contribution in [3.63, 3.8) is 0 Å². The zero-order valence-corrected chi connectivity index (χ0v) is 14.7. The molecular formula is C13H17BrFN3O3S. The molecule has 1 aliphatic heterocycles. The molecule has 0 radical (unpaired) electrons. The standard InChI is InChI=1S/C13H17BrFN3O3S/c1-17(2)12-8-10(14)11(15)7-9(12)13(19)16-22(20,21)18-5-3-4-6-18/h7-8H,3-6H2,1-2H3,(H,16,19). The second-order valence-corrected chi connectivity index (χ2v) is 7.75. The highest BCUT2D eigenvalue weighted by molar-refractivity contribution is 9.10. The molecule has 0 atom stereocenters. The Labute approximate surface area is 137 Å². The van der Waals surface area contributed by atoms with E-state index >= 15 is 0 Å². The fraction of sp³-hybridized carbons (Fsp3) is 0.462. The molecule has 0 bridgehead atoms. The van der Waals surface area contributed by atoms with Crippen LogP contribution in [0.25, 0.3) is 0 Å². The number of amides is 1. The summed E-state index contributed by atoms with van der Waals surface area (Å²) < 4.78 is 41.4. The van der Waals surface area contributed by atoms with E-state index in [0.29, 0.717) is 18.8 Å². The zero-order chi connectivity index (χ0) is 16.5. The SMILES string of the molecule is CN(C)c1cc(Br)c(F)cc1C(=O)NS(=O)(=O)N1CCCC1. The first-order valence-electron chi connectivity index (χ1n) is 6.71. The van der Waals surface area contributed by atoms with Crippen molar-refractivity contribution in [2.75, 3.05) is 32.1 Å². The van der Waals surface area contributed by atoms with Crippen LogP contribution in [0.1, 0.15) is 23.2 Å². The topological polar surface area (TPSA) is 69.7 Å². The summed E-state index contributed by atoms with van der Waals surface area (Å²) in [5, 5.41) is 0. The summed E-state index contributed by atoms with van der Waals surface area (Å²) in [6.07, 6.45) is 1.54. The number of nitrogens with one attached hydrogen (secondary N) is 1. The molecule has 6 nitrogen and oxygen atoms in total. The van der Waals surface area contributed by atoms with Crippen LogP contribution in [0.5, 0.6) is 0 Å². The van der Waals surface area contributed by atoms with E-state index in [2.05, 4.69) is 15.9 Å². The van der Waals surface area contributed by atoms with Gasteiger partial charge in [0.25, 0.3) is 5.91 Å². The van der Waals surface area contributed by atoms with E-state index in [0.717, 1.165) is 18.9 Å². The Morgan fingerprint density at radius 3 is 2.45 bits per heavy atom. The molecule has 1 heterocycles. The maximum atomic E-state index is 13.7. The Kier molecular flexibility index (Phi) is 5.08. The predicted molar refractivity (Wildman–Crippen MR) is 85.6 cm³/mol. The Morgan fingerprint density at radius 1 is 1.32 bits per heavy atom. The van der Waals surface area contributed by atoms with Gasteiger partial charge in [0.1, 0.15) is 5.82 Å². The molecule has 2 rings (SSSR count). The smallest absolute Gasteiger partial charge is 0.304 e. The molecule has 0 aromatic heterocycles. The van der Waals surface area contributed by atoms with E-state index < -0.39 is 21.9 Å². The molecule has 1 aliphatic rings. The van der Waals surface area contributed by atoms with Crippen LogP contribution in [-0.2, 0) is 10.2 Å². The molecule has 1 aromatic rings. The number of carbonyl (C=O) groups excluding carboxylic acids is 1. The molecular weight excluding hydrogens is 377 g/mol. The minimum atomic E-state index is -3.89. The molecule has 0 spiro atoms. The number of rotatable bonds is 4. The molecule has 1 fully saturated rings. The van der Waals surface area contributed by atoms with Crippen molar-refractivity contribution in [1.29, 1.82) is 0 Å². The highest BCUT2D eigenvalue weighted by Gasteiger charge is 2.28. The van der Waals surface area contributed by atoms with Crippen molar-refractivity contribution in [2.45, 2.75) is 12.8 Å². The number of carbonyl (C=O) groups is 1. The Morgan fingerprint density at radius 2 is 1.91 bits per heavy atom. The van der Waals surface area contributed by atoms with Crippen molar-refractivity contribution in [3.05, 3.63) is 28.0 Å². The Balaban J connectivity index is 2.31. The fourth-order valence-corrected chi connectivity index (χ4v) is 3.80. The van der Waals surface area contributed by atoms with Crippen LogP contribution in [0.2, 0.25) is 0 Å². The maximum absolute atomic E-state index is 13.7. The monoisotopic (exact) mass is 393 g/mol. The third kappa shape index (κ3) is 3.58. The third-order valence-electron chi connectivity index (χ3n) is 3.39. The minimum absolute atomic E-state index is 0.0338. The second-order valence-electron chi connectivity index (χ2n) is 5.22. The molecule has 9 heteroatoms. The van der Waals surface area contributed by atoms with Crippen LogP contribution in [0, 0.1) is 5.82 Å². The summed E-state index contributed by atoms with van der Waals surface area (Å²) in [5.74, 6) is -1.48. The van der Waals surface area contributed by atoms with Crippen LogP contribution in [-0.4, -0.2) is 45.8 Å². The van der Waals surface area contributed by atoms with Crippen molar-refractivity contribution in [2.24, 2.45) is 0 Å². The first-order chi connectivity index (χ1) is 10.2. The lowest BCUT2D eigenvalue weighted by Crippen LogP contribution is -2.42. The van der Waals surface area contributed by atoms with Gasteiger partial charge in [0.2, 0.25) is 0 Å². The van der Waals surface area contributed by atoms with E-state index in [1.165, 1.54) is 10.4 Å². The van der Waals surface area contributed by atoms with Crippen LogP contribution in [0.3, 0.4) is 0 Å². The lowest BCUT2D eigenvalue weighted by Gasteiger charge is -2.20. The largest absolute Gasteiger partial charge is 0.377 e. The maximum Gasteiger partial charge on any atom is 0.304 e. The first-order valence-corrected chi connectivity index (χ1v) is 8.94. The predicted octanol–water partition coefficient (Wildman–Crippen LogP) is 1.72. The normalized spacial score (nSPS) is 15.8. The van der Waals surface area contributed by atoms with Crippen LogP contribution < -0.4 is 9.62 Å². The zero-order valence-electron chi connectivity index (χ0n) is 12.3. The van der Waals surface area contributed by atoms with Crippen molar-refractivity contribution in [3.8, 4) is 0 Å². The van der Waals surface area contributed by atoms with Gasteiger partial charge in [0.15, 0.2) is 0 Å². The number of anilines is 1. The van der Waals surface area contributed by atoms with Gasteiger partial charge >= 0.3 is 10.2 Å². The van der Waals surface area contributed by atoms with Gasteiger partial charge in [0.05, 0.1) is 15.7 Å². The molecule has 122 valence electrons. The fourth-order valence-electron chi connectivity index (χ4n) is 2.25. The average molecular weight is 394 g/mol. The summed E-state index contributed by atoms with van der Waals surface area (Å²) in [7, 11) is -0.520. The summed E-state index contributed by atoms with van der Waals surface area (Å²) in [5.41, 5.74) is 0.385. The third-order valence-corrected chi connectivity index (χ3v) is 5.49. The molecule has 1 aromatic carbocycles. The van der Waals surface area contributed by atoms with E-state index in [9.17, 15) is 17.6 Å². The molecule has 1 saturated heterocycles. The summed E-state index contributed by atoms with van der Waals surface area (Å²) in [6.45, 7) is 0.774. The first kappa shape index (κ1) is 17.2. The van der Waals surface area contributed by atoms with Gasteiger partial charge in [-0.2, -0.15) is 12.7 Å². The van der Waals surface area contributed by atoms with Crippen LogP contribution in [0.15, 0.2) is 16.6 Å². The number of benzene rings is 1. The summed E-state index contributed by atoms with van der Waals surface area (Å²) >= 11 is 3.05. The van der Waals surface area contributed by atoms with E-state index in [1.54, 1.807) is 19.0 Å². The van der Waals surface area contributed by atoms with E-state index in [1.807, 2.05) is 4.72 Å². The van der Waals surface area contributed by atoms with E-state index in [-0.39, 0.29) is 10.0 Å². The molecule has 22 heavy (non-hydrogen) atoms. The summed E-state index contributed by atoms with van der Waals surface area (Å²) in [4.78, 5) is 13.9. The number of halogens is 2. The van der Waals surface area contributed by atoms with Gasteiger partial charge < -0.3 is 4.90 Å². The molecule has 0 unspecified atom stereocenters. The van der Waals surface area contributed by atoms with Gasteiger partial charge in [-0.25, -0.2) is 9.11 Å². The highest BCUT2D eigenvalue weighted by Crippen LogP contribution is 2.27. The van der Waals surface area contributed by atoms with Gasteiger partial charge in [-0.05, 0) is 40.9 Å². The van der Waals surface area contributed by atoms with Gasteiger partial charge in [-0.15, -0.1) is 0 Å². The average Bonchev–Trinajstić information content (AvgIpc) is 2.95. The van der Waals surface area contributed by atoms with Crippen LogP contribution >= 0.6 is 15.9 Å². The van der Waals surface area contributed by atoms with Crippen molar-refractivity contribution in [1.82, 2.24) is 9.03 Å². The summed E-state index contributed by atoms with van der Waals surface area (Å²) in [6, 6.07) is 2.46. The molecule has 0 saturated carbocycles. The highest BCUT2D eigenvalue weighted by atomic mass is 79.9. The van der Waals surface area contributed by atoms with Crippen molar-refractivity contribution < 1.29 is 17.6 Å². The molecule has 0 aliphatic carbocycles. The van der Waals surface area contributed by atoms with E-state index in [4.69, 9.17) is 0 Å². The number of nitrogens with zero attached hydrogens (tertiary/aromatic N) is 2. The molecule has 1 amide bonds. The van der Waals surface area contributed by atoms with Gasteiger partial charge in [-0.1, -0.05) is 0 Å². The van der Waals surface area contributed by atoms with Gasteiger partial charge in [-0.3, -0.25) is 4.79 Å². The Hall–Kier alpha value is -1.19. The number of hydrogen-bond acceptors (Lipinski definition) is 4. The van der Waals surface area contributed by atoms with Crippen LogP contribution in [0.4, 0.5) is 10.1 Å². The second kappa shape index (κ2) is 6.51. The lowest BCUT2D eigenvalue weighted by atomic mass is 10.1. The number of hydrogen-bond donors (Lipinski definition) is 1. The van der Waals surface area contributed by atoms with Gasteiger partial charge in [0, 0.05) is 27.2 Å². The minimum Gasteiger partial charge on any atom is -0.377 e.